The maximum absolute atomic E-state index is 13.4. The lowest BCUT2D eigenvalue weighted by Gasteiger charge is -2.04. The van der Waals surface area contributed by atoms with Gasteiger partial charge in [-0.3, -0.25) is 4.98 Å². The molecule has 3 nitrogen and oxygen atoms in total. The molecule has 0 unspecified atom stereocenters. The van der Waals surface area contributed by atoms with E-state index < -0.39 is 5.97 Å². The summed E-state index contributed by atoms with van der Waals surface area (Å²) in [6.45, 7) is 1.98. The molecule has 0 aliphatic rings. The van der Waals surface area contributed by atoms with Gasteiger partial charge in [-0.15, -0.1) is 11.3 Å². The summed E-state index contributed by atoms with van der Waals surface area (Å²) in [6, 6.07) is 12.1. The van der Waals surface area contributed by atoms with Gasteiger partial charge in [0.05, 0.1) is 5.52 Å². The van der Waals surface area contributed by atoms with E-state index in [0.29, 0.717) is 11.1 Å². The summed E-state index contributed by atoms with van der Waals surface area (Å²) >= 11 is 1.20. The number of carboxylic acids is 1. The number of hydrogen-bond acceptors (Lipinski definition) is 3. The summed E-state index contributed by atoms with van der Waals surface area (Å²) in [5.74, 6) is -1.33. The van der Waals surface area contributed by atoms with Crippen molar-refractivity contribution < 1.29 is 14.3 Å². The maximum atomic E-state index is 13.4. The van der Waals surface area contributed by atoms with Crippen LogP contribution >= 0.6 is 11.3 Å². The van der Waals surface area contributed by atoms with Crippen molar-refractivity contribution in [2.24, 2.45) is 0 Å². The van der Waals surface area contributed by atoms with Crippen molar-refractivity contribution in [2.75, 3.05) is 0 Å². The number of pyridine rings is 1. The quantitative estimate of drug-likeness (QED) is 0.542. The Hall–Kier alpha value is -2.79. The van der Waals surface area contributed by atoms with Crippen LogP contribution in [0, 0.1) is 12.7 Å². The first-order valence-corrected chi connectivity index (χ1v) is 8.17. The molecule has 2 aromatic carbocycles. The molecular formula is C19H12FNO2S. The molecule has 0 amide bonds. The lowest BCUT2D eigenvalue weighted by Crippen LogP contribution is -1.94. The van der Waals surface area contributed by atoms with Crippen molar-refractivity contribution in [3.63, 3.8) is 0 Å². The van der Waals surface area contributed by atoms with Gasteiger partial charge >= 0.3 is 5.97 Å². The number of hydrogen-bond donors (Lipinski definition) is 1. The Morgan fingerprint density at radius 2 is 1.88 bits per heavy atom. The van der Waals surface area contributed by atoms with E-state index in [2.05, 4.69) is 4.98 Å². The topological polar surface area (TPSA) is 50.2 Å². The lowest BCUT2D eigenvalue weighted by molar-refractivity contribution is 0.0703. The van der Waals surface area contributed by atoms with E-state index >= 15 is 0 Å². The summed E-state index contributed by atoms with van der Waals surface area (Å²) < 4.78 is 14.2. The van der Waals surface area contributed by atoms with Gasteiger partial charge in [-0.25, -0.2) is 9.18 Å². The summed E-state index contributed by atoms with van der Waals surface area (Å²) in [7, 11) is 0. The van der Waals surface area contributed by atoms with Crippen molar-refractivity contribution in [1.82, 2.24) is 4.98 Å². The minimum absolute atomic E-state index is 0.271. The number of aryl methyl sites for hydroxylation is 1. The summed E-state index contributed by atoms with van der Waals surface area (Å²) in [4.78, 5) is 16.3. The zero-order valence-corrected chi connectivity index (χ0v) is 13.5. The molecule has 0 saturated heterocycles. The fourth-order valence-corrected chi connectivity index (χ4v) is 4.03. The molecule has 118 valence electrons. The molecule has 0 saturated carbocycles. The number of halogens is 1. The van der Waals surface area contributed by atoms with Gasteiger partial charge in [0.25, 0.3) is 0 Å². The van der Waals surface area contributed by atoms with E-state index in [9.17, 15) is 14.3 Å². The van der Waals surface area contributed by atoms with E-state index in [1.165, 1.54) is 23.5 Å². The molecule has 2 aromatic heterocycles. The molecular weight excluding hydrogens is 325 g/mol. The van der Waals surface area contributed by atoms with Crippen LogP contribution in [0.5, 0.6) is 0 Å². The van der Waals surface area contributed by atoms with E-state index in [0.717, 1.165) is 26.6 Å². The van der Waals surface area contributed by atoms with Gasteiger partial charge in [-0.05, 0) is 24.6 Å². The van der Waals surface area contributed by atoms with Crippen LogP contribution in [0.2, 0.25) is 0 Å². The van der Waals surface area contributed by atoms with Crippen LogP contribution in [0.3, 0.4) is 0 Å². The number of thiophene rings is 1. The highest BCUT2D eigenvalue weighted by Gasteiger charge is 2.21. The van der Waals surface area contributed by atoms with Gasteiger partial charge in [-0.1, -0.05) is 29.8 Å². The Kier molecular flexibility index (Phi) is 3.32. The molecule has 0 radical (unpaired) electrons. The Morgan fingerprint density at radius 3 is 2.58 bits per heavy atom. The van der Waals surface area contributed by atoms with Crippen molar-refractivity contribution in [3.8, 4) is 11.1 Å². The predicted octanol–water partition coefficient (Wildman–Crippen LogP) is 5.26. The Labute approximate surface area is 141 Å². The first-order valence-electron chi connectivity index (χ1n) is 7.35. The normalized spacial score (nSPS) is 11.2. The highest BCUT2D eigenvalue weighted by molar-refractivity contribution is 7.22. The van der Waals surface area contributed by atoms with Crippen LogP contribution in [0.4, 0.5) is 4.39 Å². The smallest absolute Gasteiger partial charge is 0.346 e. The molecule has 4 rings (SSSR count). The van der Waals surface area contributed by atoms with E-state index in [4.69, 9.17) is 0 Å². The molecule has 0 atom stereocenters. The number of aromatic carboxylic acids is 1. The number of nitrogens with zero attached hydrogens (tertiary/aromatic N) is 1. The molecule has 0 bridgehead atoms. The lowest BCUT2D eigenvalue weighted by atomic mass is 10.0. The second-order valence-corrected chi connectivity index (χ2v) is 6.66. The number of carbonyl (C=O) groups is 1. The van der Waals surface area contributed by atoms with E-state index in [1.54, 1.807) is 12.3 Å². The molecule has 2 heterocycles. The number of fused-ring (bicyclic) bond motifs is 3. The van der Waals surface area contributed by atoms with Gasteiger partial charge < -0.3 is 5.11 Å². The number of rotatable bonds is 2. The predicted molar refractivity (Wildman–Crippen MR) is 94.2 cm³/mol. The maximum Gasteiger partial charge on any atom is 0.346 e. The zero-order valence-electron chi connectivity index (χ0n) is 12.7. The molecule has 5 heteroatoms. The van der Waals surface area contributed by atoms with E-state index in [-0.39, 0.29) is 10.7 Å². The fraction of sp³-hybridized carbons (Fsp3) is 0.0526. The van der Waals surface area contributed by atoms with Gasteiger partial charge in [0.1, 0.15) is 10.7 Å². The Morgan fingerprint density at radius 1 is 1.12 bits per heavy atom. The standard InChI is InChI=1S/C19H12FNO2S/c1-10-2-4-11(5-3-10)16-14-9-21-15-8-12(20)6-7-13(15)17(14)24-18(16)19(22)23/h2-9H,1H3,(H,22,23). The van der Waals surface area contributed by atoms with Gasteiger partial charge in [0, 0.05) is 33.3 Å². The second-order valence-electron chi connectivity index (χ2n) is 5.64. The van der Waals surface area contributed by atoms with Crippen LogP contribution in [-0.4, -0.2) is 16.1 Å². The summed E-state index contributed by atoms with van der Waals surface area (Å²) in [5.41, 5.74) is 3.14. The fourth-order valence-electron chi connectivity index (χ4n) is 2.86. The van der Waals surface area contributed by atoms with E-state index in [1.807, 2.05) is 31.2 Å². The van der Waals surface area contributed by atoms with Gasteiger partial charge in [0.2, 0.25) is 0 Å². The molecule has 0 aliphatic carbocycles. The monoisotopic (exact) mass is 337 g/mol. The third-order valence-electron chi connectivity index (χ3n) is 4.02. The first-order chi connectivity index (χ1) is 11.5. The third kappa shape index (κ3) is 2.25. The SMILES string of the molecule is Cc1ccc(-c2c(C(=O)O)sc3c2cnc2cc(F)ccc23)cc1. The Balaban J connectivity index is 2.11. The van der Waals surface area contributed by atoms with Gasteiger partial charge in [-0.2, -0.15) is 0 Å². The minimum Gasteiger partial charge on any atom is -0.477 e. The molecule has 1 N–H and O–H groups in total. The minimum atomic E-state index is -0.970. The molecule has 0 aliphatic heterocycles. The van der Waals surface area contributed by atoms with Gasteiger partial charge in [0.15, 0.2) is 0 Å². The molecule has 0 fully saturated rings. The van der Waals surface area contributed by atoms with Crippen molar-refractivity contribution in [2.45, 2.75) is 6.92 Å². The van der Waals surface area contributed by atoms with Crippen molar-refractivity contribution in [1.29, 1.82) is 0 Å². The zero-order chi connectivity index (χ0) is 16.8. The number of carboxylic acid groups (broad SMARTS) is 1. The average molecular weight is 337 g/mol. The number of aromatic nitrogens is 1. The average Bonchev–Trinajstić information content (AvgIpc) is 2.95. The molecule has 0 spiro atoms. The second kappa shape index (κ2) is 5.39. The summed E-state index contributed by atoms with van der Waals surface area (Å²) in [5, 5.41) is 11.2. The Bertz CT molecular complexity index is 1100. The van der Waals surface area contributed by atoms with Crippen molar-refractivity contribution >= 4 is 38.3 Å². The molecule has 24 heavy (non-hydrogen) atoms. The highest BCUT2D eigenvalue weighted by atomic mass is 32.1. The summed E-state index contributed by atoms with van der Waals surface area (Å²) in [6.07, 6.45) is 1.63. The largest absolute Gasteiger partial charge is 0.477 e. The third-order valence-corrected chi connectivity index (χ3v) is 5.24. The van der Waals surface area contributed by atoms with Crippen LogP contribution < -0.4 is 0 Å². The van der Waals surface area contributed by atoms with Crippen molar-refractivity contribution in [3.05, 3.63) is 64.9 Å². The number of benzene rings is 2. The highest BCUT2D eigenvalue weighted by Crippen LogP contribution is 2.41. The van der Waals surface area contributed by atoms with Crippen LogP contribution in [0.1, 0.15) is 15.2 Å². The van der Waals surface area contributed by atoms with Crippen LogP contribution in [0.25, 0.3) is 32.1 Å². The first kappa shape index (κ1) is 14.8. The molecule has 4 aromatic rings. The van der Waals surface area contributed by atoms with Crippen LogP contribution in [0.15, 0.2) is 48.7 Å². The van der Waals surface area contributed by atoms with Crippen LogP contribution in [-0.2, 0) is 0 Å².